The Morgan fingerprint density at radius 2 is 1.62 bits per heavy atom. The Hall–Kier alpha value is -1.39. The van der Waals surface area contributed by atoms with Crippen molar-refractivity contribution < 1.29 is 13.2 Å². The Labute approximate surface area is 130 Å². The molecule has 0 saturated heterocycles. The number of nitrogens with one attached hydrogen (secondary N) is 1. The summed E-state index contributed by atoms with van der Waals surface area (Å²) < 4.78 is 37.7. The SMILES string of the molecule is CC(Nc1ccc(C(F)(F)F)cc1Cl)c1ccc(Cl)cc1. The van der Waals surface area contributed by atoms with E-state index >= 15 is 0 Å². The van der Waals surface area contributed by atoms with Crippen molar-refractivity contribution in [1.82, 2.24) is 0 Å². The van der Waals surface area contributed by atoms with Crippen LogP contribution in [0, 0.1) is 0 Å². The molecule has 112 valence electrons. The Kier molecular flexibility index (Phi) is 4.69. The van der Waals surface area contributed by atoms with E-state index in [-0.39, 0.29) is 11.1 Å². The summed E-state index contributed by atoms with van der Waals surface area (Å²) in [7, 11) is 0. The van der Waals surface area contributed by atoms with Crippen LogP contribution in [-0.4, -0.2) is 0 Å². The van der Waals surface area contributed by atoms with Gasteiger partial charge in [0.1, 0.15) is 0 Å². The lowest BCUT2D eigenvalue weighted by molar-refractivity contribution is -0.137. The molecule has 0 aromatic heterocycles. The summed E-state index contributed by atoms with van der Waals surface area (Å²) in [4.78, 5) is 0. The zero-order valence-electron chi connectivity index (χ0n) is 11.0. The second-order valence-corrected chi connectivity index (χ2v) is 5.45. The molecule has 1 unspecified atom stereocenters. The van der Waals surface area contributed by atoms with Gasteiger partial charge in [0.15, 0.2) is 0 Å². The van der Waals surface area contributed by atoms with Gasteiger partial charge in [-0.2, -0.15) is 13.2 Å². The zero-order valence-corrected chi connectivity index (χ0v) is 12.5. The van der Waals surface area contributed by atoms with E-state index in [1.165, 1.54) is 6.07 Å². The molecule has 0 fully saturated rings. The van der Waals surface area contributed by atoms with Crippen molar-refractivity contribution >= 4 is 28.9 Å². The largest absolute Gasteiger partial charge is 0.416 e. The molecule has 2 rings (SSSR count). The average molecular weight is 334 g/mol. The van der Waals surface area contributed by atoms with Crippen molar-refractivity contribution in [3.05, 3.63) is 63.6 Å². The Bertz CT molecular complexity index is 624. The van der Waals surface area contributed by atoms with Gasteiger partial charge in [-0.25, -0.2) is 0 Å². The van der Waals surface area contributed by atoms with Gasteiger partial charge in [-0.3, -0.25) is 0 Å². The van der Waals surface area contributed by atoms with Crippen LogP contribution in [-0.2, 0) is 6.18 Å². The van der Waals surface area contributed by atoms with Crippen LogP contribution < -0.4 is 5.32 Å². The smallest absolute Gasteiger partial charge is 0.377 e. The molecule has 21 heavy (non-hydrogen) atoms. The average Bonchev–Trinajstić information content (AvgIpc) is 2.40. The fourth-order valence-electron chi connectivity index (χ4n) is 1.88. The van der Waals surface area contributed by atoms with Gasteiger partial charge in [-0.1, -0.05) is 35.3 Å². The number of halogens is 5. The Morgan fingerprint density at radius 3 is 2.14 bits per heavy atom. The molecule has 1 atom stereocenters. The summed E-state index contributed by atoms with van der Waals surface area (Å²) in [5.41, 5.74) is 0.639. The first kappa shape index (κ1) is 16.0. The lowest BCUT2D eigenvalue weighted by atomic mass is 10.1. The van der Waals surface area contributed by atoms with Gasteiger partial charge in [-0.05, 0) is 42.8 Å². The molecule has 0 bridgehead atoms. The van der Waals surface area contributed by atoms with Gasteiger partial charge < -0.3 is 5.32 Å². The molecule has 0 radical (unpaired) electrons. The maximum Gasteiger partial charge on any atom is 0.416 e. The van der Waals surface area contributed by atoms with Crippen LogP contribution >= 0.6 is 23.2 Å². The topological polar surface area (TPSA) is 12.0 Å². The number of anilines is 1. The van der Waals surface area contributed by atoms with Crippen molar-refractivity contribution in [1.29, 1.82) is 0 Å². The second kappa shape index (κ2) is 6.16. The van der Waals surface area contributed by atoms with E-state index in [2.05, 4.69) is 5.32 Å². The fourth-order valence-corrected chi connectivity index (χ4v) is 2.24. The molecule has 0 aliphatic heterocycles. The highest BCUT2D eigenvalue weighted by atomic mass is 35.5. The maximum absolute atomic E-state index is 12.6. The van der Waals surface area contributed by atoms with Gasteiger partial charge in [0.05, 0.1) is 16.3 Å². The van der Waals surface area contributed by atoms with Gasteiger partial charge >= 0.3 is 6.18 Å². The summed E-state index contributed by atoms with van der Waals surface area (Å²) in [6.45, 7) is 1.89. The van der Waals surface area contributed by atoms with Crippen LogP contribution in [0.1, 0.15) is 24.1 Å². The van der Waals surface area contributed by atoms with Crippen molar-refractivity contribution in [2.75, 3.05) is 5.32 Å². The molecule has 0 aliphatic rings. The number of benzene rings is 2. The molecular weight excluding hydrogens is 322 g/mol. The van der Waals surface area contributed by atoms with E-state index in [0.717, 1.165) is 17.7 Å². The number of hydrogen-bond donors (Lipinski definition) is 1. The Morgan fingerprint density at radius 1 is 1.00 bits per heavy atom. The monoisotopic (exact) mass is 333 g/mol. The Balaban J connectivity index is 2.18. The lowest BCUT2D eigenvalue weighted by Crippen LogP contribution is -2.09. The quantitative estimate of drug-likeness (QED) is 0.706. The second-order valence-electron chi connectivity index (χ2n) is 4.61. The molecule has 1 nitrogen and oxygen atoms in total. The van der Waals surface area contributed by atoms with Crippen LogP contribution in [0.25, 0.3) is 0 Å². The summed E-state index contributed by atoms with van der Waals surface area (Å²) in [5.74, 6) is 0. The van der Waals surface area contributed by atoms with Crippen LogP contribution in [0.5, 0.6) is 0 Å². The number of rotatable bonds is 3. The highest BCUT2D eigenvalue weighted by Gasteiger charge is 2.30. The predicted octanol–water partition coefficient (Wildman–Crippen LogP) is 6.19. The summed E-state index contributed by atoms with van der Waals surface area (Å²) in [6.07, 6.45) is -4.40. The highest BCUT2D eigenvalue weighted by Crippen LogP contribution is 2.34. The van der Waals surface area contributed by atoms with E-state index in [4.69, 9.17) is 23.2 Å². The standard InChI is InChI=1S/C15H12Cl2F3N/c1-9(10-2-5-12(16)6-3-10)21-14-7-4-11(8-13(14)17)15(18,19)20/h2-9,21H,1H3. The maximum atomic E-state index is 12.6. The van der Waals surface area contributed by atoms with Crippen LogP contribution in [0.2, 0.25) is 10.0 Å². The lowest BCUT2D eigenvalue weighted by Gasteiger charge is -2.18. The molecule has 0 heterocycles. The van der Waals surface area contributed by atoms with E-state index in [9.17, 15) is 13.2 Å². The zero-order chi connectivity index (χ0) is 15.6. The van der Waals surface area contributed by atoms with Gasteiger partial charge in [0.2, 0.25) is 0 Å². The van der Waals surface area contributed by atoms with E-state index in [1.807, 2.05) is 19.1 Å². The third kappa shape index (κ3) is 4.05. The molecule has 0 saturated carbocycles. The third-order valence-corrected chi connectivity index (χ3v) is 3.60. The summed E-state index contributed by atoms with van der Waals surface area (Å²) in [6, 6.07) is 10.3. The molecule has 0 aliphatic carbocycles. The van der Waals surface area contributed by atoms with Crippen molar-refractivity contribution in [2.45, 2.75) is 19.1 Å². The van der Waals surface area contributed by atoms with Crippen LogP contribution in [0.15, 0.2) is 42.5 Å². The minimum absolute atomic E-state index is 0.0330. The first-order chi connectivity index (χ1) is 9.77. The molecule has 2 aromatic rings. The number of hydrogen-bond acceptors (Lipinski definition) is 1. The van der Waals surface area contributed by atoms with Crippen LogP contribution in [0.3, 0.4) is 0 Å². The van der Waals surface area contributed by atoms with Crippen molar-refractivity contribution in [3.63, 3.8) is 0 Å². The molecule has 6 heteroatoms. The van der Waals surface area contributed by atoms with E-state index in [0.29, 0.717) is 10.7 Å². The van der Waals surface area contributed by atoms with E-state index < -0.39 is 11.7 Å². The molecule has 1 N–H and O–H groups in total. The predicted molar refractivity (Wildman–Crippen MR) is 79.9 cm³/mol. The minimum atomic E-state index is -4.40. The highest BCUT2D eigenvalue weighted by molar-refractivity contribution is 6.33. The summed E-state index contributed by atoms with van der Waals surface area (Å²) >= 11 is 11.7. The van der Waals surface area contributed by atoms with Gasteiger partial charge in [0.25, 0.3) is 0 Å². The normalized spacial score (nSPS) is 13.0. The first-order valence-electron chi connectivity index (χ1n) is 6.16. The minimum Gasteiger partial charge on any atom is -0.377 e. The molecular formula is C15H12Cl2F3N. The molecule has 0 amide bonds. The van der Waals surface area contributed by atoms with Crippen LogP contribution in [0.4, 0.5) is 18.9 Å². The van der Waals surface area contributed by atoms with Crippen molar-refractivity contribution in [2.24, 2.45) is 0 Å². The molecule has 2 aromatic carbocycles. The molecule has 0 spiro atoms. The third-order valence-electron chi connectivity index (χ3n) is 3.04. The number of alkyl halides is 3. The fraction of sp³-hybridized carbons (Fsp3) is 0.200. The first-order valence-corrected chi connectivity index (χ1v) is 6.91. The van der Waals surface area contributed by atoms with E-state index in [1.54, 1.807) is 12.1 Å². The van der Waals surface area contributed by atoms with Gasteiger partial charge in [0, 0.05) is 11.1 Å². The van der Waals surface area contributed by atoms with Gasteiger partial charge in [-0.15, -0.1) is 0 Å². The summed E-state index contributed by atoms with van der Waals surface area (Å²) in [5, 5.41) is 3.74. The van der Waals surface area contributed by atoms with Crippen molar-refractivity contribution in [3.8, 4) is 0 Å².